The Bertz CT molecular complexity index is 570. The molecule has 0 saturated heterocycles. The molecule has 1 aromatic rings. The normalized spacial score (nSPS) is 13.8. The van der Waals surface area contributed by atoms with Crippen molar-refractivity contribution in [1.82, 2.24) is 5.32 Å². The molecule has 0 heterocycles. The molecule has 0 aromatic heterocycles. The van der Waals surface area contributed by atoms with Crippen LogP contribution in [0.2, 0.25) is 0 Å². The van der Waals surface area contributed by atoms with Gasteiger partial charge in [0.1, 0.15) is 11.5 Å². The highest BCUT2D eigenvalue weighted by atomic mass is 16.5. The zero-order valence-corrected chi connectivity index (χ0v) is 14.7. The number of hydrogen-bond acceptors (Lipinski definition) is 4. The average Bonchev–Trinajstić information content (AvgIpc) is 2.62. The van der Waals surface area contributed by atoms with Crippen LogP contribution >= 0.6 is 0 Å². The third-order valence-corrected chi connectivity index (χ3v) is 4.23. The molecule has 0 aliphatic heterocycles. The molecule has 132 valence electrons. The van der Waals surface area contributed by atoms with E-state index in [-0.39, 0.29) is 5.91 Å². The van der Waals surface area contributed by atoms with Crippen LogP contribution in [0.4, 0.5) is 5.69 Å². The van der Waals surface area contributed by atoms with Crippen molar-refractivity contribution >= 4 is 11.6 Å². The highest BCUT2D eigenvalue weighted by Crippen LogP contribution is 2.28. The maximum Gasteiger partial charge on any atom is 0.221 e. The van der Waals surface area contributed by atoms with E-state index in [0.717, 1.165) is 24.4 Å². The van der Waals surface area contributed by atoms with Crippen LogP contribution in [-0.2, 0) is 4.79 Å². The molecule has 2 rings (SSSR count). The lowest BCUT2D eigenvalue weighted by molar-refractivity contribution is -0.120. The zero-order chi connectivity index (χ0) is 17.2. The SMILES string of the molecule is COc1ccc(NCCC(=O)NCCC2=CCCCC2)c(OC)c1. The van der Waals surface area contributed by atoms with E-state index in [1.54, 1.807) is 14.2 Å². The van der Waals surface area contributed by atoms with E-state index in [1.165, 1.54) is 31.3 Å². The van der Waals surface area contributed by atoms with Gasteiger partial charge in [0, 0.05) is 25.6 Å². The minimum atomic E-state index is 0.0754. The van der Waals surface area contributed by atoms with Crippen LogP contribution in [0.25, 0.3) is 0 Å². The Morgan fingerprint density at radius 2 is 2.04 bits per heavy atom. The molecule has 2 N–H and O–H groups in total. The Kier molecular flexibility index (Phi) is 7.46. The van der Waals surface area contributed by atoms with Gasteiger partial charge in [-0.25, -0.2) is 0 Å². The van der Waals surface area contributed by atoms with Crippen molar-refractivity contribution in [3.05, 3.63) is 29.8 Å². The van der Waals surface area contributed by atoms with Crippen molar-refractivity contribution in [2.24, 2.45) is 0 Å². The molecule has 5 nitrogen and oxygen atoms in total. The smallest absolute Gasteiger partial charge is 0.221 e. The fraction of sp³-hybridized carbons (Fsp3) is 0.526. The number of rotatable bonds is 9. The number of allylic oxidation sites excluding steroid dienone is 1. The predicted octanol–water partition coefficient (Wildman–Crippen LogP) is 3.51. The van der Waals surface area contributed by atoms with Gasteiger partial charge in [0.25, 0.3) is 0 Å². The highest BCUT2D eigenvalue weighted by molar-refractivity contribution is 5.76. The fourth-order valence-electron chi connectivity index (χ4n) is 2.84. The van der Waals surface area contributed by atoms with E-state index in [1.807, 2.05) is 18.2 Å². The molecule has 1 aliphatic rings. The van der Waals surface area contributed by atoms with E-state index in [0.29, 0.717) is 18.7 Å². The number of ether oxygens (including phenoxy) is 2. The van der Waals surface area contributed by atoms with Crippen molar-refractivity contribution in [3.63, 3.8) is 0 Å². The van der Waals surface area contributed by atoms with Crippen LogP contribution in [0, 0.1) is 0 Å². The monoisotopic (exact) mass is 332 g/mol. The Morgan fingerprint density at radius 1 is 1.17 bits per heavy atom. The summed E-state index contributed by atoms with van der Waals surface area (Å²) in [6, 6.07) is 5.58. The van der Waals surface area contributed by atoms with Gasteiger partial charge in [-0.1, -0.05) is 11.6 Å². The summed E-state index contributed by atoms with van der Waals surface area (Å²) in [6.07, 6.45) is 8.71. The van der Waals surface area contributed by atoms with Crippen LogP contribution in [0.1, 0.15) is 38.5 Å². The number of hydrogen-bond donors (Lipinski definition) is 2. The van der Waals surface area contributed by atoms with Gasteiger partial charge in [-0.05, 0) is 44.2 Å². The molecule has 5 heteroatoms. The molecule has 0 radical (unpaired) electrons. The number of carbonyl (C=O) groups is 1. The van der Waals surface area contributed by atoms with E-state index >= 15 is 0 Å². The van der Waals surface area contributed by atoms with Crippen LogP contribution in [0.3, 0.4) is 0 Å². The number of anilines is 1. The largest absolute Gasteiger partial charge is 0.497 e. The fourth-order valence-corrected chi connectivity index (χ4v) is 2.84. The third kappa shape index (κ3) is 5.80. The first-order valence-electron chi connectivity index (χ1n) is 8.63. The van der Waals surface area contributed by atoms with Gasteiger partial charge < -0.3 is 20.1 Å². The molecule has 1 aliphatic carbocycles. The third-order valence-electron chi connectivity index (χ3n) is 4.23. The van der Waals surface area contributed by atoms with Gasteiger partial charge in [0.05, 0.1) is 19.9 Å². The Hall–Kier alpha value is -2.17. The van der Waals surface area contributed by atoms with E-state index in [9.17, 15) is 4.79 Å². The predicted molar refractivity (Wildman–Crippen MR) is 96.8 cm³/mol. The maximum absolute atomic E-state index is 11.9. The lowest BCUT2D eigenvalue weighted by Crippen LogP contribution is -2.26. The Labute approximate surface area is 144 Å². The van der Waals surface area contributed by atoms with Crippen molar-refractivity contribution < 1.29 is 14.3 Å². The summed E-state index contributed by atoms with van der Waals surface area (Å²) >= 11 is 0. The number of carbonyl (C=O) groups excluding carboxylic acids is 1. The van der Waals surface area contributed by atoms with Gasteiger partial charge in [-0.15, -0.1) is 0 Å². The summed E-state index contributed by atoms with van der Waals surface area (Å²) in [6.45, 7) is 1.30. The molecule has 0 spiro atoms. The van der Waals surface area contributed by atoms with Gasteiger partial charge in [0.2, 0.25) is 5.91 Å². The molecular weight excluding hydrogens is 304 g/mol. The van der Waals surface area contributed by atoms with Crippen molar-refractivity contribution in [3.8, 4) is 11.5 Å². The first-order chi connectivity index (χ1) is 11.7. The maximum atomic E-state index is 11.9. The lowest BCUT2D eigenvalue weighted by atomic mass is 9.97. The summed E-state index contributed by atoms with van der Waals surface area (Å²) in [4.78, 5) is 11.9. The number of methoxy groups -OCH3 is 2. The molecule has 0 saturated carbocycles. The van der Waals surface area contributed by atoms with Crippen molar-refractivity contribution in [2.75, 3.05) is 32.6 Å². The first-order valence-corrected chi connectivity index (χ1v) is 8.63. The molecule has 1 amide bonds. The Morgan fingerprint density at radius 3 is 2.75 bits per heavy atom. The summed E-state index contributed by atoms with van der Waals surface area (Å²) in [5.74, 6) is 1.53. The van der Waals surface area contributed by atoms with Gasteiger partial charge in [0.15, 0.2) is 0 Å². The van der Waals surface area contributed by atoms with Crippen LogP contribution < -0.4 is 20.1 Å². The summed E-state index contributed by atoms with van der Waals surface area (Å²) in [5.41, 5.74) is 2.35. The van der Waals surface area contributed by atoms with Gasteiger partial charge in [-0.3, -0.25) is 4.79 Å². The number of benzene rings is 1. The molecule has 0 unspecified atom stereocenters. The zero-order valence-electron chi connectivity index (χ0n) is 14.7. The number of amides is 1. The van der Waals surface area contributed by atoms with Gasteiger partial charge in [-0.2, -0.15) is 0 Å². The Balaban J connectivity index is 1.67. The van der Waals surface area contributed by atoms with Crippen LogP contribution in [-0.4, -0.2) is 33.2 Å². The highest BCUT2D eigenvalue weighted by Gasteiger charge is 2.07. The first kappa shape index (κ1) is 18.2. The van der Waals surface area contributed by atoms with Crippen LogP contribution in [0.5, 0.6) is 11.5 Å². The summed E-state index contributed by atoms with van der Waals surface area (Å²) in [7, 11) is 3.24. The van der Waals surface area contributed by atoms with Crippen molar-refractivity contribution in [1.29, 1.82) is 0 Å². The average molecular weight is 332 g/mol. The number of nitrogens with one attached hydrogen (secondary N) is 2. The van der Waals surface area contributed by atoms with Crippen LogP contribution in [0.15, 0.2) is 29.8 Å². The van der Waals surface area contributed by atoms with Gasteiger partial charge >= 0.3 is 0 Å². The second-order valence-electron chi connectivity index (χ2n) is 5.95. The standard InChI is InChI=1S/C19H28N2O3/c1-23-16-8-9-17(18(14-16)24-2)20-13-11-19(22)21-12-10-15-6-4-3-5-7-15/h6,8-9,14,20H,3-5,7,10-13H2,1-2H3,(H,21,22). The second-order valence-corrected chi connectivity index (χ2v) is 5.95. The van der Waals surface area contributed by atoms with E-state index in [2.05, 4.69) is 16.7 Å². The molecule has 0 atom stereocenters. The summed E-state index contributed by atoms with van der Waals surface area (Å²) in [5, 5.41) is 6.23. The second kappa shape index (κ2) is 9.85. The molecule has 0 fully saturated rings. The molecule has 1 aromatic carbocycles. The van der Waals surface area contributed by atoms with Crippen molar-refractivity contribution in [2.45, 2.75) is 38.5 Å². The van der Waals surface area contributed by atoms with E-state index in [4.69, 9.17) is 9.47 Å². The lowest BCUT2D eigenvalue weighted by Gasteiger charge is -2.14. The molecule has 0 bridgehead atoms. The minimum absolute atomic E-state index is 0.0754. The quantitative estimate of drug-likeness (QED) is 0.679. The molecule has 24 heavy (non-hydrogen) atoms. The minimum Gasteiger partial charge on any atom is -0.497 e. The summed E-state index contributed by atoms with van der Waals surface area (Å²) < 4.78 is 10.5. The topological polar surface area (TPSA) is 59.6 Å². The molecular formula is C19H28N2O3. The van der Waals surface area contributed by atoms with E-state index < -0.39 is 0 Å².